The summed E-state index contributed by atoms with van der Waals surface area (Å²) in [6.07, 6.45) is 0. The molecule has 0 radical (unpaired) electrons. The summed E-state index contributed by atoms with van der Waals surface area (Å²) in [6, 6.07) is 18.1. The van der Waals surface area contributed by atoms with E-state index < -0.39 is 5.91 Å². The molecule has 2 aromatic carbocycles. The van der Waals surface area contributed by atoms with E-state index in [1.807, 2.05) is 18.2 Å². The number of hydrogen-bond donors (Lipinski definition) is 3. The second-order valence-electron chi connectivity index (χ2n) is 6.52. The monoisotopic (exact) mass is 509 g/mol. The topological polar surface area (TPSA) is 82.8 Å². The lowest BCUT2D eigenvalue weighted by atomic mass is 10.1. The quantitative estimate of drug-likeness (QED) is 0.276. The molecule has 4 N–H and O–H groups in total. The van der Waals surface area contributed by atoms with Gasteiger partial charge in [0.1, 0.15) is 0 Å². The van der Waals surface area contributed by atoms with Crippen molar-refractivity contribution in [2.24, 2.45) is 10.7 Å². The fourth-order valence-corrected chi connectivity index (χ4v) is 3.18. The summed E-state index contributed by atoms with van der Waals surface area (Å²) < 4.78 is 0. The molecule has 0 aliphatic carbocycles. The first-order valence-corrected chi connectivity index (χ1v) is 9.71. The van der Waals surface area contributed by atoms with Crippen molar-refractivity contribution in [2.75, 3.05) is 26.7 Å². The minimum absolute atomic E-state index is 0. The summed E-state index contributed by atoms with van der Waals surface area (Å²) in [6.45, 7) is 7.70. The number of likely N-dealkylation sites (N-methyl/N-ethyl adjacent to an activating group) is 1. The first-order chi connectivity index (χ1) is 13.6. The molecule has 29 heavy (non-hydrogen) atoms. The number of hydrogen-bond acceptors (Lipinski definition) is 3. The molecule has 2 aromatic rings. The molecule has 6 nitrogen and oxygen atoms in total. The standard InChI is InChI=1S/C22H31N5O.HI/c1-4-27(5-2)20(18-9-7-6-8-10-18)16-26-22(24-3)25-15-17-11-13-19(14-12-17)21(23)28;/h6-14,20H,4-5,15-16H2,1-3H3,(H2,23,28)(H2,24,25,26);1H. The zero-order valence-electron chi connectivity index (χ0n) is 17.4. The number of benzene rings is 2. The van der Waals surface area contributed by atoms with Crippen molar-refractivity contribution in [2.45, 2.75) is 26.4 Å². The van der Waals surface area contributed by atoms with E-state index in [1.165, 1.54) is 5.56 Å². The minimum Gasteiger partial charge on any atom is -0.366 e. The van der Waals surface area contributed by atoms with Gasteiger partial charge >= 0.3 is 0 Å². The number of primary amides is 1. The molecule has 1 unspecified atom stereocenters. The van der Waals surface area contributed by atoms with E-state index in [2.05, 4.69) is 58.6 Å². The van der Waals surface area contributed by atoms with Crippen LogP contribution in [0.15, 0.2) is 59.6 Å². The minimum atomic E-state index is -0.416. The van der Waals surface area contributed by atoms with Gasteiger partial charge in [0.15, 0.2) is 5.96 Å². The van der Waals surface area contributed by atoms with Crippen LogP contribution in [-0.4, -0.2) is 43.4 Å². The summed E-state index contributed by atoms with van der Waals surface area (Å²) in [7, 11) is 1.76. The van der Waals surface area contributed by atoms with Crippen molar-refractivity contribution < 1.29 is 4.79 Å². The third kappa shape index (κ3) is 7.66. The Kier molecular flexibility index (Phi) is 11.3. The number of carbonyl (C=O) groups excluding carboxylic acids is 1. The average Bonchev–Trinajstić information content (AvgIpc) is 2.74. The number of nitrogens with one attached hydrogen (secondary N) is 2. The fourth-order valence-electron chi connectivity index (χ4n) is 3.18. The number of nitrogens with zero attached hydrogens (tertiary/aromatic N) is 2. The van der Waals surface area contributed by atoms with Gasteiger partial charge in [0, 0.05) is 25.7 Å². The highest BCUT2D eigenvalue weighted by Gasteiger charge is 2.18. The maximum atomic E-state index is 11.2. The van der Waals surface area contributed by atoms with Crippen molar-refractivity contribution >= 4 is 35.8 Å². The Labute approximate surface area is 191 Å². The smallest absolute Gasteiger partial charge is 0.248 e. The number of amides is 1. The van der Waals surface area contributed by atoms with Gasteiger partial charge in [-0.25, -0.2) is 0 Å². The Balaban J connectivity index is 0.00000420. The second-order valence-corrected chi connectivity index (χ2v) is 6.52. The SMILES string of the molecule is CCN(CC)C(CNC(=NC)NCc1ccc(C(N)=O)cc1)c1ccccc1.I. The van der Waals surface area contributed by atoms with E-state index in [0.717, 1.165) is 31.2 Å². The van der Waals surface area contributed by atoms with Gasteiger partial charge in [-0.15, -0.1) is 24.0 Å². The van der Waals surface area contributed by atoms with Crippen LogP contribution in [0.5, 0.6) is 0 Å². The molecule has 2 rings (SSSR count). The summed E-state index contributed by atoms with van der Waals surface area (Å²) in [5.41, 5.74) is 8.13. The third-order valence-corrected chi connectivity index (χ3v) is 4.82. The third-order valence-electron chi connectivity index (χ3n) is 4.82. The van der Waals surface area contributed by atoms with Gasteiger partial charge in [0.05, 0.1) is 6.04 Å². The molecule has 0 fully saturated rings. The molecule has 0 bridgehead atoms. The summed E-state index contributed by atoms with van der Waals surface area (Å²) in [5.74, 6) is 0.326. The Bertz CT molecular complexity index is 761. The van der Waals surface area contributed by atoms with Crippen LogP contribution in [0, 0.1) is 0 Å². The lowest BCUT2D eigenvalue weighted by Gasteiger charge is -2.30. The number of carbonyl (C=O) groups is 1. The molecule has 1 atom stereocenters. The van der Waals surface area contributed by atoms with Gasteiger partial charge in [-0.05, 0) is 36.3 Å². The van der Waals surface area contributed by atoms with Crippen molar-refractivity contribution in [1.82, 2.24) is 15.5 Å². The maximum absolute atomic E-state index is 11.2. The Hall–Kier alpha value is -2.13. The molecule has 0 saturated carbocycles. The summed E-state index contributed by atoms with van der Waals surface area (Å²) in [4.78, 5) is 17.9. The van der Waals surface area contributed by atoms with Gasteiger partial charge in [-0.1, -0.05) is 56.3 Å². The van der Waals surface area contributed by atoms with Crippen LogP contribution in [-0.2, 0) is 6.54 Å². The van der Waals surface area contributed by atoms with Crippen LogP contribution in [0.1, 0.15) is 41.4 Å². The average molecular weight is 509 g/mol. The number of halogens is 1. The van der Waals surface area contributed by atoms with Crippen LogP contribution < -0.4 is 16.4 Å². The zero-order chi connectivity index (χ0) is 20.4. The molecule has 0 heterocycles. The molecular weight excluding hydrogens is 477 g/mol. The molecule has 0 aliphatic rings. The van der Waals surface area contributed by atoms with E-state index >= 15 is 0 Å². The highest BCUT2D eigenvalue weighted by molar-refractivity contribution is 14.0. The van der Waals surface area contributed by atoms with E-state index in [1.54, 1.807) is 19.2 Å². The first-order valence-electron chi connectivity index (χ1n) is 9.71. The van der Waals surface area contributed by atoms with Gasteiger partial charge in [0.2, 0.25) is 5.91 Å². The number of rotatable bonds is 9. The fraction of sp³-hybridized carbons (Fsp3) is 0.364. The normalized spacial score (nSPS) is 12.2. The van der Waals surface area contributed by atoms with Crippen molar-refractivity contribution in [1.29, 1.82) is 0 Å². The number of aliphatic imine (C=N–C) groups is 1. The molecule has 0 spiro atoms. The molecular formula is C22H32IN5O. The van der Waals surface area contributed by atoms with Crippen LogP contribution in [0.4, 0.5) is 0 Å². The number of nitrogens with two attached hydrogens (primary N) is 1. The van der Waals surface area contributed by atoms with E-state index in [4.69, 9.17) is 5.73 Å². The summed E-state index contributed by atoms with van der Waals surface area (Å²) in [5, 5.41) is 6.76. The molecule has 7 heteroatoms. The second kappa shape index (κ2) is 13.2. The van der Waals surface area contributed by atoms with Gasteiger partial charge in [0.25, 0.3) is 0 Å². The number of guanidine groups is 1. The lowest BCUT2D eigenvalue weighted by Crippen LogP contribution is -2.43. The van der Waals surface area contributed by atoms with Crippen LogP contribution in [0.3, 0.4) is 0 Å². The Morgan fingerprint density at radius 2 is 1.66 bits per heavy atom. The zero-order valence-corrected chi connectivity index (χ0v) is 19.7. The van der Waals surface area contributed by atoms with E-state index in [-0.39, 0.29) is 30.0 Å². The Morgan fingerprint density at radius 3 is 2.17 bits per heavy atom. The highest BCUT2D eigenvalue weighted by atomic mass is 127. The summed E-state index contributed by atoms with van der Waals surface area (Å²) >= 11 is 0. The molecule has 1 amide bonds. The largest absolute Gasteiger partial charge is 0.366 e. The van der Waals surface area contributed by atoms with Gasteiger partial charge in [-0.2, -0.15) is 0 Å². The first kappa shape index (κ1) is 24.9. The Morgan fingerprint density at radius 1 is 1.03 bits per heavy atom. The molecule has 0 aliphatic heterocycles. The van der Waals surface area contributed by atoms with Crippen molar-refractivity contribution in [3.05, 3.63) is 71.3 Å². The van der Waals surface area contributed by atoms with E-state index in [9.17, 15) is 4.79 Å². The predicted octanol–water partition coefficient (Wildman–Crippen LogP) is 3.15. The van der Waals surface area contributed by atoms with Crippen LogP contribution in [0.2, 0.25) is 0 Å². The van der Waals surface area contributed by atoms with Crippen LogP contribution >= 0.6 is 24.0 Å². The molecule has 158 valence electrons. The van der Waals surface area contributed by atoms with Crippen molar-refractivity contribution in [3.63, 3.8) is 0 Å². The van der Waals surface area contributed by atoms with E-state index in [0.29, 0.717) is 12.1 Å². The molecule has 0 saturated heterocycles. The van der Waals surface area contributed by atoms with Gasteiger partial charge < -0.3 is 16.4 Å². The lowest BCUT2D eigenvalue weighted by molar-refractivity contribution is 0.100. The van der Waals surface area contributed by atoms with Crippen molar-refractivity contribution in [3.8, 4) is 0 Å². The maximum Gasteiger partial charge on any atom is 0.248 e. The van der Waals surface area contributed by atoms with Gasteiger partial charge in [-0.3, -0.25) is 14.7 Å². The predicted molar refractivity (Wildman–Crippen MR) is 131 cm³/mol. The highest BCUT2D eigenvalue weighted by Crippen LogP contribution is 2.19. The van der Waals surface area contributed by atoms with Crippen LogP contribution in [0.25, 0.3) is 0 Å². The molecule has 0 aromatic heterocycles.